The Hall–Kier alpha value is -6.32. The highest BCUT2D eigenvalue weighted by Crippen LogP contribution is 2.43. The molecule has 0 saturated carbocycles. The van der Waals surface area contributed by atoms with Crippen LogP contribution >= 0.6 is 0 Å². The van der Waals surface area contributed by atoms with Gasteiger partial charge in [0.15, 0.2) is 0 Å². The first kappa shape index (κ1) is 44.8. The van der Waals surface area contributed by atoms with Crippen molar-refractivity contribution in [2.75, 3.05) is 26.4 Å². The van der Waals surface area contributed by atoms with E-state index in [0.29, 0.717) is 44.5 Å². The van der Waals surface area contributed by atoms with E-state index in [2.05, 4.69) is 0 Å². The molecule has 0 spiro atoms. The Kier molecular flexibility index (Phi) is 14.3. The van der Waals surface area contributed by atoms with Crippen molar-refractivity contribution in [1.82, 2.24) is 0 Å². The van der Waals surface area contributed by atoms with Crippen molar-refractivity contribution < 1.29 is 38.6 Å². The predicted octanol–water partition coefficient (Wildman–Crippen LogP) is 10.1. The molecule has 320 valence electrons. The van der Waals surface area contributed by atoms with E-state index in [4.69, 9.17) is 18.9 Å². The van der Waals surface area contributed by atoms with Crippen LogP contribution in [0.25, 0.3) is 0 Å². The van der Waals surface area contributed by atoms with Crippen LogP contribution in [0.3, 0.4) is 0 Å². The Morgan fingerprint density at radius 3 is 0.633 bits per heavy atom. The average molecular weight is 829 g/mol. The van der Waals surface area contributed by atoms with Crippen LogP contribution in [-0.4, -0.2) is 46.1 Å². The molecule has 16 heteroatoms. The highest BCUT2D eigenvalue weighted by Gasteiger charge is 2.29. The van der Waals surface area contributed by atoms with E-state index in [1.165, 1.54) is 48.5 Å². The molecular formula is C44H52N4O12. The maximum atomic E-state index is 12.6. The molecule has 0 atom stereocenters. The van der Waals surface area contributed by atoms with Gasteiger partial charge in [0.25, 0.3) is 22.7 Å². The van der Waals surface area contributed by atoms with Crippen molar-refractivity contribution in [1.29, 1.82) is 0 Å². The summed E-state index contributed by atoms with van der Waals surface area (Å²) in [6.45, 7) is 16.4. The first-order valence-electron chi connectivity index (χ1n) is 20.0. The minimum Gasteiger partial charge on any atom is -0.493 e. The number of benzene rings is 4. The maximum absolute atomic E-state index is 12.6. The van der Waals surface area contributed by atoms with Gasteiger partial charge in [-0.15, -0.1) is 0 Å². The quantitative estimate of drug-likeness (QED) is 0.0672. The number of nitro benzene ring substituents is 4. The van der Waals surface area contributed by atoms with Crippen LogP contribution in [0.15, 0.2) is 48.5 Å². The molecule has 4 aromatic carbocycles. The smallest absolute Gasteiger partial charge is 0.270 e. The molecule has 5 rings (SSSR count). The van der Waals surface area contributed by atoms with Gasteiger partial charge < -0.3 is 18.9 Å². The number of nitro groups is 4. The lowest BCUT2D eigenvalue weighted by Crippen LogP contribution is -2.14. The van der Waals surface area contributed by atoms with Crippen molar-refractivity contribution in [2.45, 2.75) is 81.1 Å². The molecular weight excluding hydrogens is 776 g/mol. The Morgan fingerprint density at radius 1 is 0.367 bits per heavy atom. The second kappa shape index (κ2) is 19.2. The first-order valence-corrected chi connectivity index (χ1v) is 20.0. The van der Waals surface area contributed by atoms with E-state index in [-0.39, 0.29) is 122 Å². The van der Waals surface area contributed by atoms with E-state index in [0.717, 1.165) is 0 Å². The van der Waals surface area contributed by atoms with Gasteiger partial charge in [-0.05, 0) is 23.7 Å². The van der Waals surface area contributed by atoms with E-state index >= 15 is 0 Å². The van der Waals surface area contributed by atoms with Crippen molar-refractivity contribution in [3.05, 3.63) is 133 Å². The highest BCUT2D eigenvalue weighted by atomic mass is 16.6. The summed E-state index contributed by atoms with van der Waals surface area (Å²) in [5.74, 6) is 1.24. The number of hydrogen-bond acceptors (Lipinski definition) is 12. The van der Waals surface area contributed by atoms with E-state index in [9.17, 15) is 40.5 Å². The lowest BCUT2D eigenvalue weighted by atomic mass is 9.90. The molecule has 0 fully saturated rings. The van der Waals surface area contributed by atoms with Crippen molar-refractivity contribution in [3.8, 4) is 23.0 Å². The molecule has 16 nitrogen and oxygen atoms in total. The van der Waals surface area contributed by atoms with E-state index in [1.807, 2.05) is 55.4 Å². The van der Waals surface area contributed by atoms with Gasteiger partial charge in [0.2, 0.25) is 0 Å². The van der Waals surface area contributed by atoms with Crippen LogP contribution in [0.1, 0.15) is 99.9 Å². The average Bonchev–Trinajstić information content (AvgIpc) is 3.15. The summed E-state index contributed by atoms with van der Waals surface area (Å²) in [5.41, 5.74) is 1.56. The molecule has 0 N–H and O–H groups in total. The second-order valence-electron chi connectivity index (χ2n) is 16.9. The number of fused-ring (bicyclic) bond motifs is 8. The minimum atomic E-state index is -0.542. The Balaban J connectivity index is 1.98. The summed E-state index contributed by atoms with van der Waals surface area (Å²) in [5, 5.41) is 50.3. The SMILES string of the molecule is CC(C)COc1c2cc([N+](=O)[O-])cc1Cc1cc([N+](=O)[O-])cc(c1OCC(C)C)Cc1cc([N+](=O)[O-])cc(c1OCC(C)C)Cc1cc([N+](=O)[O-])cc(c1OCC(C)C)C2. The summed E-state index contributed by atoms with van der Waals surface area (Å²) in [7, 11) is 0. The number of rotatable bonds is 16. The fourth-order valence-electron chi connectivity index (χ4n) is 6.98. The highest BCUT2D eigenvalue weighted by molar-refractivity contribution is 5.62. The molecule has 0 aliphatic heterocycles. The number of non-ortho nitro benzene ring substituents is 4. The van der Waals surface area contributed by atoms with Gasteiger partial charge in [-0.1, -0.05) is 55.4 Å². The van der Waals surface area contributed by atoms with Crippen molar-refractivity contribution in [3.63, 3.8) is 0 Å². The second-order valence-corrected chi connectivity index (χ2v) is 16.9. The molecule has 0 amide bonds. The summed E-state index contributed by atoms with van der Waals surface area (Å²) in [6.07, 6.45) is -0.452. The van der Waals surface area contributed by atoms with Crippen LogP contribution < -0.4 is 18.9 Å². The molecule has 8 bridgehead atoms. The third-order valence-electron chi connectivity index (χ3n) is 9.52. The topological polar surface area (TPSA) is 209 Å². The summed E-state index contributed by atoms with van der Waals surface area (Å²) >= 11 is 0. The third kappa shape index (κ3) is 11.0. The van der Waals surface area contributed by atoms with Gasteiger partial charge in [0.1, 0.15) is 23.0 Å². The van der Waals surface area contributed by atoms with Crippen LogP contribution in [0.2, 0.25) is 0 Å². The standard InChI is InChI=1S/C44H52N4O12/c1-25(2)21-57-41-29-9-31-15-38(46(51)52)17-33(42(31)58-22-26(3)4)11-35-19-40(48(55)56)20-36(44(35)60-24-28(7)8)12-34-18-39(47(53)54)16-32(43(34)59-23-27(5)6)10-30(41)14-37(13-29)45(49)50/h13-20,25-28H,9-12,21-24H2,1-8H3. The zero-order chi connectivity index (χ0) is 44.0. The lowest BCUT2D eigenvalue weighted by molar-refractivity contribution is -0.385. The molecule has 0 aromatic heterocycles. The fraction of sp³-hybridized carbons (Fsp3) is 0.455. The van der Waals surface area contributed by atoms with Crippen LogP contribution in [-0.2, 0) is 25.7 Å². The van der Waals surface area contributed by atoms with Crippen LogP contribution in [0, 0.1) is 64.1 Å². The third-order valence-corrected chi connectivity index (χ3v) is 9.52. The van der Waals surface area contributed by atoms with E-state index < -0.39 is 19.7 Å². The molecule has 0 radical (unpaired) electrons. The maximum Gasteiger partial charge on any atom is 0.270 e. The molecule has 0 heterocycles. The van der Waals surface area contributed by atoms with Gasteiger partial charge >= 0.3 is 0 Å². The van der Waals surface area contributed by atoms with Gasteiger partial charge in [0, 0.05) is 119 Å². The largest absolute Gasteiger partial charge is 0.493 e. The van der Waals surface area contributed by atoms with Gasteiger partial charge in [-0.3, -0.25) is 40.5 Å². The monoisotopic (exact) mass is 828 g/mol. The van der Waals surface area contributed by atoms with Crippen molar-refractivity contribution >= 4 is 22.7 Å². The Bertz CT molecular complexity index is 1880. The van der Waals surface area contributed by atoms with Crippen LogP contribution in [0.5, 0.6) is 23.0 Å². The van der Waals surface area contributed by atoms with Crippen molar-refractivity contribution in [2.24, 2.45) is 23.7 Å². The first-order chi connectivity index (χ1) is 28.3. The van der Waals surface area contributed by atoms with Gasteiger partial charge in [0.05, 0.1) is 46.1 Å². The zero-order valence-electron chi connectivity index (χ0n) is 35.3. The molecule has 1 aliphatic carbocycles. The Labute approximate surface area is 348 Å². The Morgan fingerprint density at radius 2 is 0.517 bits per heavy atom. The molecule has 0 saturated heterocycles. The summed E-state index contributed by atoms with van der Waals surface area (Å²) in [6, 6.07) is 10.9. The molecule has 1 aliphatic rings. The van der Waals surface area contributed by atoms with E-state index in [1.54, 1.807) is 0 Å². The summed E-state index contributed by atoms with van der Waals surface area (Å²) in [4.78, 5) is 48.2. The fourth-order valence-corrected chi connectivity index (χ4v) is 6.98. The van der Waals surface area contributed by atoms with Gasteiger partial charge in [-0.25, -0.2) is 0 Å². The molecule has 60 heavy (non-hydrogen) atoms. The predicted molar refractivity (Wildman–Crippen MR) is 225 cm³/mol. The zero-order valence-corrected chi connectivity index (χ0v) is 35.3. The number of nitrogens with zero attached hydrogens (tertiary/aromatic N) is 4. The van der Waals surface area contributed by atoms with Crippen LogP contribution in [0.4, 0.5) is 22.7 Å². The number of ether oxygens (including phenoxy) is 4. The minimum absolute atomic E-state index is 0.0210. The molecule has 4 aromatic rings. The summed E-state index contributed by atoms with van der Waals surface area (Å²) < 4.78 is 25.9. The lowest BCUT2D eigenvalue weighted by Gasteiger charge is -2.23. The molecule has 0 unspecified atom stereocenters. The van der Waals surface area contributed by atoms with Gasteiger partial charge in [-0.2, -0.15) is 0 Å². The normalized spacial score (nSPS) is 12.5. The number of hydrogen-bond donors (Lipinski definition) is 0.